The summed E-state index contributed by atoms with van der Waals surface area (Å²) in [5.41, 5.74) is 0.599. The molecule has 2 rings (SSSR count). The number of hydrogen-bond acceptors (Lipinski definition) is 3. The first kappa shape index (κ1) is 15.5. The Morgan fingerprint density at radius 1 is 1.19 bits per heavy atom. The van der Waals surface area contributed by atoms with Gasteiger partial charge in [0.15, 0.2) is 0 Å². The molecule has 1 aliphatic carbocycles. The predicted molar refractivity (Wildman–Crippen MR) is 80.9 cm³/mol. The molecule has 0 N–H and O–H groups in total. The smallest absolute Gasteiger partial charge is 0.325 e. The number of likely N-dealkylation sites (N-methyl/N-ethyl adjacent to an activating group) is 1. The molecule has 1 saturated carbocycles. The van der Waals surface area contributed by atoms with Crippen LogP contribution in [0.1, 0.15) is 38.2 Å². The van der Waals surface area contributed by atoms with Crippen molar-refractivity contribution >= 4 is 11.9 Å². The van der Waals surface area contributed by atoms with Crippen molar-refractivity contribution in [3.05, 3.63) is 35.9 Å². The molecule has 0 bridgehead atoms. The Kier molecular flexibility index (Phi) is 4.99. The Morgan fingerprint density at radius 3 is 2.33 bits per heavy atom. The fraction of sp³-hybridized carbons (Fsp3) is 0.529. The zero-order valence-corrected chi connectivity index (χ0v) is 12.8. The monoisotopic (exact) mass is 289 g/mol. The van der Waals surface area contributed by atoms with Gasteiger partial charge in [-0.1, -0.05) is 43.2 Å². The summed E-state index contributed by atoms with van der Waals surface area (Å²) in [7, 11) is 1.35. The van der Waals surface area contributed by atoms with E-state index in [1.807, 2.05) is 37.3 Å². The number of nitrogens with zero attached hydrogens (tertiary/aromatic N) is 1. The van der Waals surface area contributed by atoms with Crippen molar-refractivity contribution in [1.29, 1.82) is 0 Å². The Labute approximate surface area is 126 Å². The standard InChI is InChI=1S/C17H23NO3/c1-3-18(13-15(19)21-2)16(20)17(11-7-8-12-17)14-9-5-4-6-10-14/h4-6,9-10H,3,7-8,11-13H2,1-2H3. The Balaban J connectivity index is 2.29. The van der Waals surface area contributed by atoms with Crippen LogP contribution in [-0.2, 0) is 19.7 Å². The average Bonchev–Trinajstić information content (AvgIpc) is 3.03. The van der Waals surface area contributed by atoms with Gasteiger partial charge in [0.05, 0.1) is 12.5 Å². The number of hydrogen-bond donors (Lipinski definition) is 0. The minimum absolute atomic E-state index is 0.0282. The molecule has 1 aromatic carbocycles. The molecule has 4 heteroatoms. The van der Waals surface area contributed by atoms with Crippen LogP contribution in [0.25, 0.3) is 0 Å². The highest BCUT2D eigenvalue weighted by atomic mass is 16.5. The van der Waals surface area contributed by atoms with Gasteiger partial charge in [0, 0.05) is 6.54 Å². The van der Waals surface area contributed by atoms with Gasteiger partial charge in [-0.2, -0.15) is 0 Å². The molecule has 0 atom stereocenters. The van der Waals surface area contributed by atoms with Gasteiger partial charge in [0.25, 0.3) is 0 Å². The first-order chi connectivity index (χ1) is 10.1. The summed E-state index contributed by atoms with van der Waals surface area (Å²) in [6.07, 6.45) is 3.81. The number of benzene rings is 1. The normalized spacial score (nSPS) is 16.5. The lowest BCUT2D eigenvalue weighted by Crippen LogP contribution is -2.47. The molecule has 0 heterocycles. The molecule has 21 heavy (non-hydrogen) atoms. The summed E-state index contributed by atoms with van der Waals surface area (Å²) >= 11 is 0. The van der Waals surface area contributed by atoms with Gasteiger partial charge in [-0.25, -0.2) is 0 Å². The van der Waals surface area contributed by atoms with E-state index in [1.165, 1.54) is 7.11 Å². The van der Waals surface area contributed by atoms with Gasteiger partial charge in [-0.05, 0) is 25.3 Å². The molecule has 0 spiro atoms. The van der Waals surface area contributed by atoms with E-state index < -0.39 is 5.41 Å². The van der Waals surface area contributed by atoms with Crippen LogP contribution in [0.4, 0.5) is 0 Å². The van der Waals surface area contributed by atoms with Crippen LogP contribution in [0.15, 0.2) is 30.3 Å². The highest BCUT2D eigenvalue weighted by Gasteiger charge is 2.44. The van der Waals surface area contributed by atoms with Crippen molar-refractivity contribution in [1.82, 2.24) is 4.90 Å². The van der Waals surface area contributed by atoms with Gasteiger partial charge in [0.1, 0.15) is 6.54 Å². The Hall–Kier alpha value is -1.84. The maximum atomic E-state index is 13.1. The minimum atomic E-state index is -0.467. The molecule has 114 valence electrons. The van der Waals surface area contributed by atoms with Crippen molar-refractivity contribution in [2.24, 2.45) is 0 Å². The number of esters is 1. The summed E-state index contributed by atoms with van der Waals surface area (Å²) < 4.78 is 4.70. The van der Waals surface area contributed by atoms with Crippen LogP contribution >= 0.6 is 0 Å². The number of ether oxygens (including phenoxy) is 1. The largest absolute Gasteiger partial charge is 0.468 e. The van der Waals surface area contributed by atoms with E-state index in [0.29, 0.717) is 6.54 Å². The molecule has 0 unspecified atom stereocenters. The van der Waals surface area contributed by atoms with Crippen LogP contribution < -0.4 is 0 Å². The maximum absolute atomic E-state index is 13.1. The number of carbonyl (C=O) groups excluding carboxylic acids is 2. The molecule has 0 aromatic heterocycles. The fourth-order valence-corrected chi connectivity index (χ4v) is 3.21. The summed E-state index contributed by atoms with van der Waals surface area (Å²) in [6.45, 7) is 2.44. The van der Waals surface area contributed by atoms with Gasteiger partial charge < -0.3 is 9.64 Å². The molecule has 1 aliphatic rings. The van der Waals surface area contributed by atoms with E-state index in [1.54, 1.807) is 4.90 Å². The zero-order valence-electron chi connectivity index (χ0n) is 12.8. The lowest BCUT2D eigenvalue weighted by Gasteiger charge is -2.34. The predicted octanol–water partition coefficient (Wildman–Crippen LogP) is 2.52. The first-order valence-electron chi connectivity index (χ1n) is 7.56. The maximum Gasteiger partial charge on any atom is 0.325 e. The van der Waals surface area contributed by atoms with Crippen LogP contribution in [0, 0.1) is 0 Å². The third-order valence-corrected chi connectivity index (χ3v) is 4.41. The van der Waals surface area contributed by atoms with Crippen LogP contribution in [0.5, 0.6) is 0 Å². The lowest BCUT2D eigenvalue weighted by molar-refractivity contribution is -0.149. The van der Waals surface area contributed by atoms with Crippen LogP contribution in [0.3, 0.4) is 0 Å². The van der Waals surface area contributed by atoms with E-state index in [0.717, 1.165) is 31.2 Å². The summed E-state index contributed by atoms with van der Waals surface area (Å²) in [5, 5.41) is 0. The van der Waals surface area contributed by atoms with Crippen LogP contribution in [-0.4, -0.2) is 37.0 Å². The van der Waals surface area contributed by atoms with Crippen molar-refractivity contribution in [3.8, 4) is 0 Å². The molecule has 0 saturated heterocycles. The van der Waals surface area contributed by atoms with Crippen LogP contribution in [0.2, 0.25) is 0 Å². The van der Waals surface area contributed by atoms with Gasteiger partial charge in [0.2, 0.25) is 5.91 Å². The average molecular weight is 289 g/mol. The topological polar surface area (TPSA) is 46.6 Å². The number of rotatable bonds is 5. The Morgan fingerprint density at radius 2 is 1.81 bits per heavy atom. The van der Waals surface area contributed by atoms with Gasteiger partial charge in [-0.3, -0.25) is 9.59 Å². The van der Waals surface area contributed by atoms with Gasteiger partial charge >= 0.3 is 5.97 Å². The molecule has 1 aromatic rings. The van der Waals surface area contributed by atoms with E-state index in [-0.39, 0.29) is 18.4 Å². The third-order valence-electron chi connectivity index (χ3n) is 4.41. The summed E-state index contributed by atoms with van der Waals surface area (Å²) in [5.74, 6) is -0.314. The zero-order chi connectivity index (χ0) is 15.3. The van der Waals surface area contributed by atoms with Crippen molar-refractivity contribution in [2.45, 2.75) is 38.0 Å². The highest BCUT2D eigenvalue weighted by molar-refractivity contribution is 5.91. The molecular formula is C17H23NO3. The van der Waals surface area contributed by atoms with Crippen molar-refractivity contribution in [3.63, 3.8) is 0 Å². The quantitative estimate of drug-likeness (QED) is 0.783. The SMILES string of the molecule is CCN(CC(=O)OC)C(=O)C1(c2ccccc2)CCCC1. The van der Waals surface area contributed by atoms with E-state index >= 15 is 0 Å². The number of carbonyl (C=O) groups is 2. The number of amides is 1. The summed E-state index contributed by atoms with van der Waals surface area (Å²) in [4.78, 5) is 26.2. The fourth-order valence-electron chi connectivity index (χ4n) is 3.21. The number of methoxy groups -OCH3 is 1. The highest BCUT2D eigenvalue weighted by Crippen LogP contribution is 2.42. The minimum Gasteiger partial charge on any atom is -0.468 e. The second kappa shape index (κ2) is 6.74. The van der Waals surface area contributed by atoms with Crippen molar-refractivity contribution < 1.29 is 14.3 Å². The van der Waals surface area contributed by atoms with Gasteiger partial charge in [-0.15, -0.1) is 0 Å². The molecule has 0 aliphatic heterocycles. The van der Waals surface area contributed by atoms with E-state index in [9.17, 15) is 9.59 Å². The molecular weight excluding hydrogens is 266 g/mol. The second-order valence-electron chi connectivity index (χ2n) is 5.55. The van der Waals surface area contributed by atoms with E-state index in [4.69, 9.17) is 4.74 Å². The third kappa shape index (κ3) is 3.09. The van der Waals surface area contributed by atoms with Crippen molar-refractivity contribution in [2.75, 3.05) is 20.2 Å². The lowest BCUT2D eigenvalue weighted by atomic mass is 9.77. The molecule has 1 fully saturated rings. The Bertz CT molecular complexity index is 492. The summed E-state index contributed by atoms with van der Waals surface area (Å²) in [6, 6.07) is 9.95. The molecule has 4 nitrogen and oxygen atoms in total. The van der Waals surface area contributed by atoms with E-state index in [2.05, 4.69) is 0 Å². The molecule has 0 radical (unpaired) electrons. The second-order valence-corrected chi connectivity index (χ2v) is 5.55. The first-order valence-corrected chi connectivity index (χ1v) is 7.56. The molecule has 1 amide bonds.